The van der Waals surface area contributed by atoms with E-state index in [0.29, 0.717) is 38.9 Å². The molecule has 0 aliphatic carbocycles. The third kappa shape index (κ3) is 6.35. The standard InChI is InChI=1S/C24H18BrClN2O3/c1-30-21-9-7-20(8-10-21)28-24(29)18(14-27)12-17-4-11-23(22(25)13-17)31-15-16-2-5-19(26)6-3-16/h2-13H,15H2,1H3,(H,28,29)/b18-12-. The molecule has 0 saturated carbocycles. The van der Waals surface area contributed by atoms with Gasteiger partial charge in [0.25, 0.3) is 5.91 Å². The Kier molecular flexibility index (Phi) is 7.71. The van der Waals surface area contributed by atoms with Crippen LogP contribution in [-0.2, 0) is 11.4 Å². The topological polar surface area (TPSA) is 71.3 Å². The highest BCUT2D eigenvalue weighted by atomic mass is 79.9. The van der Waals surface area contributed by atoms with E-state index in [1.807, 2.05) is 30.3 Å². The van der Waals surface area contributed by atoms with Gasteiger partial charge in [-0.1, -0.05) is 29.8 Å². The monoisotopic (exact) mass is 496 g/mol. The van der Waals surface area contributed by atoms with Crippen molar-refractivity contribution in [2.45, 2.75) is 6.61 Å². The molecule has 1 amide bonds. The number of benzene rings is 3. The van der Waals surface area contributed by atoms with Gasteiger partial charge in [-0.2, -0.15) is 5.26 Å². The highest BCUT2D eigenvalue weighted by Gasteiger charge is 2.11. The van der Waals surface area contributed by atoms with Crippen LogP contribution in [0.3, 0.4) is 0 Å². The number of nitriles is 1. The summed E-state index contributed by atoms with van der Waals surface area (Å²) in [6.07, 6.45) is 1.52. The van der Waals surface area contributed by atoms with Gasteiger partial charge in [0.05, 0.1) is 11.6 Å². The van der Waals surface area contributed by atoms with Gasteiger partial charge in [-0.15, -0.1) is 0 Å². The Bertz CT molecular complexity index is 1140. The Morgan fingerprint density at radius 2 is 1.84 bits per heavy atom. The molecule has 1 N–H and O–H groups in total. The molecule has 31 heavy (non-hydrogen) atoms. The number of amides is 1. The number of ether oxygens (including phenoxy) is 2. The predicted molar refractivity (Wildman–Crippen MR) is 125 cm³/mol. The van der Waals surface area contributed by atoms with Crippen molar-refractivity contribution in [3.63, 3.8) is 0 Å². The highest BCUT2D eigenvalue weighted by molar-refractivity contribution is 9.10. The van der Waals surface area contributed by atoms with E-state index in [1.54, 1.807) is 49.6 Å². The van der Waals surface area contributed by atoms with Crippen LogP contribution in [0, 0.1) is 11.3 Å². The SMILES string of the molecule is COc1ccc(NC(=O)/C(C#N)=C\c2ccc(OCc3ccc(Cl)cc3)c(Br)c2)cc1. The van der Waals surface area contributed by atoms with Gasteiger partial charge in [0.2, 0.25) is 0 Å². The average molecular weight is 498 g/mol. The lowest BCUT2D eigenvalue weighted by atomic mass is 10.1. The minimum atomic E-state index is -0.494. The van der Waals surface area contributed by atoms with Crippen molar-refractivity contribution in [3.05, 3.63) is 92.9 Å². The highest BCUT2D eigenvalue weighted by Crippen LogP contribution is 2.28. The number of nitrogens with one attached hydrogen (secondary N) is 1. The van der Waals surface area contributed by atoms with Gasteiger partial charge in [-0.3, -0.25) is 4.79 Å². The lowest BCUT2D eigenvalue weighted by molar-refractivity contribution is -0.112. The smallest absolute Gasteiger partial charge is 0.266 e. The maximum Gasteiger partial charge on any atom is 0.266 e. The molecule has 7 heteroatoms. The molecule has 0 aromatic heterocycles. The number of hydrogen-bond acceptors (Lipinski definition) is 4. The number of halogens is 2. The fourth-order valence-electron chi connectivity index (χ4n) is 2.65. The van der Waals surface area contributed by atoms with Gasteiger partial charge in [-0.05, 0) is 81.7 Å². The second kappa shape index (κ2) is 10.7. The third-order valence-corrected chi connectivity index (χ3v) is 5.16. The van der Waals surface area contributed by atoms with E-state index >= 15 is 0 Å². The van der Waals surface area contributed by atoms with Gasteiger partial charge in [0.15, 0.2) is 0 Å². The molecular formula is C24H18BrClN2O3. The molecule has 0 heterocycles. The first-order valence-corrected chi connectivity index (χ1v) is 10.4. The molecule has 0 unspecified atom stereocenters. The van der Waals surface area contributed by atoms with Gasteiger partial charge in [0.1, 0.15) is 29.7 Å². The Morgan fingerprint density at radius 1 is 1.13 bits per heavy atom. The molecule has 0 bridgehead atoms. The molecule has 3 rings (SSSR count). The number of anilines is 1. The molecule has 0 aliphatic rings. The summed E-state index contributed by atoms with van der Waals surface area (Å²) in [5.74, 6) is 0.831. The second-order valence-corrected chi connectivity index (χ2v) is 7.75. The summed E-state index contributed by atoms with van der Waals surface area (Å²) in [6, 6.07) is 21.6. The molecule has 3 aromatic rings. The number of carbonyl (C=O) groups is 1. The van der Waals surface area contributed by atoms with E-state index in [1.165, 1.54) is 6.08 Å². The molecule has 0 aliphatic heterocycles. The number of methoxy groups -OCH3 is 1. The van der Waals surface area contributed by atoms with E-state index in [9.17, 15) is 10.1 Å². The Hall–Kier alpha value is -3.27. The summed E-state index contributed by atoms with van der Waals surface area (Å²) >= 11 is 9.37. The fourth-order valence-corrected chi connectivity index (χ4v) is 3.29. The summed E-state index contributed by atoms with van der Waals surface area (Å²) in [4.78, 5) is 12.5. The molecule has 5 nitrogen and oxygen atoms in total. The number of carbonyl (C=O) groups excluding carboxylic acids is 1. The van der Waals surface area contributed by atoms with E-state index in [-0.39, 0.29) is 5.57 Å². The van der Waals surface area contributed by atoms with Crippen LogP contribution in [0.5, 0.6) is 11.5 Å². The summed E-state index contributed by atoms with van der Waals surface area (Å²) in [6.45, 7) is 0.388. The lowest BCUT2D eigenvalue weighted by Crippen LogP contribution is -2.13. The minimum Gasteiger partial charge on any atom is -0.497 e. The molecule has 0 atom stereocenters. The van der Waals surface area contributed by atoms with E-state index in [0.717, 1.165) is 5.56 Å². The second-order valence-electron chi connectivity index (χ2n) is 6.46. The largest absolute Gasteiger partial charge is 0.497 e. The van der Waals surface area contributed by atoms with Crippen LogP contribution in [0.15, 0.2) is 76.8 Å². The molecule has 3 aromatic carbocycles. The maximum atomic E-state index is 12.5. The predicted octanol–water partition coefficient (Wildman–Crippen LogP) is 6.24. The Morgan fingerprint density at radius 3 is 2.45 bits per heavy atom. The number of nitrogens with zero attached hydrogens (tertiary/aromatic N) is 1. The van der Waals surface area contributed by atoms with E-state index in [4.69, 9.17) is 21.1 Å². The number of rotatable bonds is 7. The van der Waals surface area contributed by atoms with Crippen molar-refractivity contribution < 1.29 is 14.3 Å². The zero-order valence-electron chi connectivity index (χ0n) is 16.6. The average Bonchev–Trinajstić information content (AvgIpc) is 2.78. The van der Waals surface area contributed by atoms with Crippen molar-refractivity contribution in [2.24, 2.45) is 0 Å². The van der Waals surface area contributed by atoms with Crippen LogP contribution in [0.4, 0.5) is 5.69 Å². The molecule has 0 fully saturated rings. The fraction of sp³-hybridized carbons (Fsp3) is 0.0833. The van der Waals surface area contributed by atoms with Crippen LogP contribution in [-0.4, -0.2) is 13.0 Å². The summed E-state index contributed by atoms with van der Waals surface area (Å²) in [5.41, 5.74) is 2.23. The van der Waals surface area contributed by atoms with Crippen molar-refractivity contribution in [1.82, 2.24) is 0 Å². The third-order valence-electron chi connectivity index (χ3n) is 4.29. The molecule has 156 valence electrons. The van der Waals surface area contributed by atoms with Crippen molar-refractivity contribution in [3.8, 4) is 17.6 Å². The van der Waals surface area contributed by atoms with Gasteiger partial charge < -0.3 is 14.8 Å². The molecule has 0 radical (unpaired) electrons. The van der Waals surface area contributed by atoms with Crippen LogP contribution in [0.25, 0.3) is 6.08 Å². The van der Waals surface area contributed by atoms with E-state index < -0.39 is 5.91 Å². The molecular weight excluding hydrogens is 480 g/mol. The zero-order valence-corrected chi connectivity index (χ0v) is 18.9. The zero-order chi connectivity index (χ0) is 22.2. The van der Waals surface area contributed by atoms with Crippen molar-refractivity contribution in [1.29, 1.82) is 5.26 Å². The van der Waals surface area contributed by atoms with E-state index in [2.05, 4.69) is 21.2 Å². The normalized spacial score (nSPS) is 10.8. The summed E-state index contributed by atoms with van der Waals surface area (Å²) in [5, 5.41) is 12.8. The molecule has 0 spiro atoms. The number of hydrogen-bond donors (Lipinski definition) is 1. The van der Waals surface area contributed by atoms with Crippen molar-refractivity contribution >= 4 is 45.2 Å². The van der Waals surface area contributed by atoms with Gasteiger partial charge in [0, 0.05) is 10.7 Å². The van der Waals surface area contributed by atoms with Crippen LogP contribution in [0.1, 0.15) is 11.1 Å². The first kappa shape index (κ1) is 22.4. The molecule has 0 saturated heterocycles. The van der Waals surface area contributed by atoms with Crippen LogP contribution < -0.4 is 14.8 Å². The first-order valence-electron chi connectivity index (χ1n) is 9.22. The van der Waals surface area contributed by atoms with Crippen molar-refractivity contribution in [2.75, 3.05) is 12.4 Å². The van der Waals surface area contributed by atoms with Crippen LogP contribution in [0.2, 0.25) is 5.02 Å². The van der Waals surface area contributed by atoms with Gasteiger partial charge in [-0.25, -0.2) is 0 Å². The quantitative estimate of drug-likeness (QED) is 0.310. The summed E-state index contributed by atoms with van der Waals surface area (Å²) in [7, 11) is 1.57. The maximum absolute atomic E-state index is 12.5. The first-order chi connectivity index (χ1) is 15.0. The van der Waals surface area contributed by atoms with Gasteiger partial charge >= 0.3 is 0 Å². The minimum absolute atomic E-state index is 0.0162. The lowest BCUT2D eigenvalue weighted by Gasteiger charge is -2.09. The van der Waals surface area contributed by atoms with Crippen LogP contribution >= 0.6 is 27.5 Å². The summed E-state index contributed by atoms with van der Waals surface area (Å²) < 4.78 is 11.6. The Labute approximate surface area is 194 Å². The Balaban J connectivity index is 1.68.